The maximum atomic E-state index is 11.4. The Morgan fingerprint density at radius 3 is 2.38 bits per heavy atom. The van der Waals surface area contributed by atoms with Crippen molar-refractivity contribution in [2.75, 3.05) is 31.9 Å². The van der Waals surface area contributed by atoms with Crippen LogP contribution in [0, 0.1) is 0 Å². The molecular weight excluding hydrogens is 266 g/mol. The van der Waals surface area contributed by atoms with E-state index in [9.17, 15) is 9.90 Å². The average Bonchev–Trinajstić information content (AvgIpc) is 2.38. The van der Waals surface area contributed by atoms with E-state index in [0.717, 1.165) is 31.7 Å². The van der Waals surface area contributed by atoms with Crippen LogP contribution in [0.1, 0.15) is 36.7 Å². The zero-order valence-electron chi connectivity index (χ0n) is 13.1. The van der Waals surface area contributed by atoms with Crippen LogP contribution < -0.4 is 5.73 Å². The minimum Gasteiger partial charge on any atom is -0.478 e. The topological polar surface area (TPSA) is 69.8 Å². The number of carboxylic acids is 1. The van der Waals surface area contributed by atoms with E-state index in [0.29, 0.717) is 12.2 Å². The molecule has 0 spiro atoms. The predicted molar refractivity (Wildman–Crippen MR) is 84.4 cm³/mol. The molecule has 116 valence electrons. The molecular formula is C16H25N3O2. The molecule has 1 aliphatic heterocycles. The number of nitrogen functional groups attached to an aromatic ring is 1. The first-order valence-corrected chi connectivity index (χ1v) is 7.37. The molecule has 1 aliphatic rings. The monoisotopic (exact) mass is 291 g/mol. The minimum atomic E-state index is -0.948. The molecule has 0 unspecified atom stereocenters. The third kappa shape index (κ3) is 3.74. The summed E-state index contributed by atoms with van der Waals surface area (Å²) in [6.07, 6.45) is 0. The van der Waals surface area contributed by atoms with Crippen LogP contribution in [0.2, 0.25) is 0 Å². The molecule has 0 saturated carbocycles. The molecule has 0 radical (unpaired) electrons. The summed E-state index contributed by atoms with van der Waals surface area (Å²) in [5, 5.41) is 9.32. The van der Waals surface area contributed by atoms with Crippen molar-refractivity contribution in [3.05, 3.63) is 29.3 Å². The maximum absolute atomic E-state index is 11.4. The molecule has 2 rings (SSSR count). The van der Waals surface area contributed by atoms with Gasteiger partial charge in [0, 0.05) is 44.0 Å². The van der Waals surface area contributed by atoms with Crippen molar-refractivity contribution in [2.24, 2.45) is 0 Å². The molecule has 0 amide bonds. The second-order valence-corrected chi connectivity index (χ2v) is 6.62. The molecule has 21 heavy (non-hydrogen) atoms. The van der Waals surface area contributed by atoms with Crippen molar-refractivity contribution in [3.8, 4) is 0 Å². The molecule has 3 N–H and O–H groups in total. The largest absolute Gasteiger partial charge is 0.478 e. The molecule has 5 heteroatoms. The Labute approximate surface area is 126 Å². The van der Waals surface area contributed by atoms with Gasteiger partial charge in [0.05, 0.1) is 5.56 Å². The first-order chi connectivity index (χ1) is 9.79. The maximum Gasteiger partial charge on any atom is 0.338 e. The van der Waals surface area contributed by atoms with E-state index in [1.54, 1.807) is 6.07 Å². The fraction of sp³-hybridized carbons (Fsp3) is 0.562. The van der Waals surface area contributed by atoms with Crippen LogP contribution in [0.25, 0.3) is 0 Å². The number of benzene rings is 1. The summed E-state index contributed by atoms with van der Waals surface area (Å²) in [4.78, 5) is 16.1. The highest BCUT2D eigenvalue weighted by Crippen LogP contribution is 2.21. The van der Waals surface area contributed by atoms with Gasteiger partial charge in [0.2, 0.25) is 0 Å². The zero-order chi connectivity index (χ0) is 15.6. The van der Waals surface area contributed by atoms with Gasteiger partial charge >= 0.3 is 5.97 Å². The van der Waals surface area contributed by atoms with Crippen molar-refractivity contribution in [2.45, 2.75) is 32.9 Å². The Morgan fingerprint density at radius 1 is 1.24 bits per heavy atom. The number of hydrogen-bond donors (Lipinski definition) is 2. The standard InChI is InChI=1S/C16H25N3O2/c1-16(2,3)19-9-7-18(8-10-19)11-12-5-4-6-13(17)14(12)15(20)21/h4-6H,7-11,17H2,1-3H3,(H,20,21). The lowest BCUT2D eigenvalue weighted by Crippen LogP contribution is -2.53. The lowest BCUT2D eigenvalue weighted by Gasteiger charge is -2.42. The second kappa shape index (κ2) is 6.03. The Hall–Kier alpha value is -1.59. The van der Waals surface area contributed by atoms with Gasteiger partial charge in [0.1, 0.15) is 0 Å². The Balaban J connectivity index is 2.05. The van der Waals surface area contributed by atoms with Crippen molar-refractivity contribution in [1.82, 2.24) is 9.80 Å². The number of carboxylic acid groups (broad SMARTS) is 1. The normalized spacial score (nSPS) is 17.9. The summed E-state index contributed by atoms with van der Waals surface area (Å²) in [5.41, 5.74) is 7.37. The summed E-state index contributed by atoms with van der Waals surface area (Å²) in [6, 6.07) is 5.32. The summed E-state index contributed by atoms with van der Waals surface area (Å²) >= 11 is 0. The highest BCUT2D eigenvalue weighted by atomic mass is 16.4. The third-order valence-electron chi connectivity index (χ3n) is 4.11. The molecule has 1 aromatic carbocycles. The van der Waals surface area contributed by atoms with E-state index in [4.69, 9.17) is 5.73 Å². The molecule has 0 aromatic heterocycles. The Bertz CT molecular complexity index is 515. The average molecular weight is 291 g/mol. The highest BCUT2D eigenvalue weighted by molar-refractivity contribution is 5.95. The van der Waals surface area contributed by atoms with E-state index in [1.807, 2.05) is 12.1 Å². The van der Waals surface area contributed by atoms with E-state index in [2.05, 4.69) is 30.6 Å². The van der Waals surface area contributed by atoms with Gasteiger partial charge in [0.15, 0.2) is 0 Å². The van der Waals surface area contributed by atoms with Gasteiger partial charge in [-0.25, -0.2) is 4.79 Å². The highest BCUT2D eigenvalue weighted by Gasteiger charge is 2.26. The van der Waals surface area contributed by atoms with E-state index in [1.165, 1.54) is 0 Å². The summed E-state index contributed by atoms with van der Waals surface area (Å²) < 4.78 is 0. The number of carbonyl (C=O) groups is 1. The molecule has 0 atom stereocenters. The zero-order valence-corrected chi connectivity index (χ0v) is 13.1. The van der Waals surface area contributed by atoms with E-state index in [-0.39, 0.29) is 11.1 Å². The van der Waals surface area contributed by atoms with Gasteiger partial charge in [-0.15, -0.1) is 0 Å². The van der Waals surface area contributed by atoms with Crippen molar-refractivity contribution in [3.63, 3.8) is 0 Å². The lowest BCUT2D eigenvalue weighted by molar-refractivity contribution is 0.0584. The van der Waals surface area contributed by atoms with E-state index >= 15 is 0 Å². The van der Waals surface area contributed by atoms with Crippen LogP contribution in [0.3, 0.4) is 0 Å². The summed E-state index contributed by atoms with van der Waals surface area (Å²) in [6.45, 7) is 11.2. The molecule has 1 fully saturated rings. The lowest BCUT2D eigenvalue weighted by atomic mass is 10.0. The number of nitrogens with zero attached hydrogens (tertiary/aromatic N) is 2. The fourth-order valence-corrected chi connectivity index (χ4v) is 2.83. The molecule has 1 saturated heterocycles. The summed E-state index contributed by atoms with van der Waals surface area (Å²) in [5.74, 6) is -0.948. The smallest absolute Gasteiger partial charge is 0.338 e. The van der Waals surface area contributed by atoms with Crippen molar-refractivity contribution >= 4 is 11.7 Å². The van der Waals surface area contributed by atoms with Crippen LogP contribution in [-0.4, -0.2) is 52.6 Å². The second-order valence-electron chi connectivity index (χ2n) is 6.62. The predicted octanol–water partition coefficient (Wildman–Crippen LogP) is 1.88. The van der Waals surface area contributed by atoms with Crippen LogP contribution in [0.5, 0.6) is 0 Å². The molecule has 5 nitrogen and oxygen atoms in total. The first kappa shape index (κ1) is 15.8. The van der Waals surface area contributed by atoms with E-state index < -0.39 is 5.97 Å². The van der Waals surface area contributed by atoms with Crippen LogP contribution >= 0.6 is 0 Å². The number of aromatic carboxylic acids is 1. The minimum absolute atomic E-state index is 0.190. The summed E-state index contributed by atoms with van der Waals surface area (Å²) in [7, 11) is 0. The molecule has 0 aliphatic carbocycles. The van der Waals surface area contributed by atoms with Gasteiger partial charge in [-0.3, -0.25) is 9.80 Å². The Kier molecular flexibility index (Phi) is 4.54. The van der Waals surface area contributed by atoms with Crippen molar-refractivity contribution < 1.29 is 9.90 Å². The molecule has 1 aromatic rings. The van der Waals surface area contributed by atoms with Gasteiger partial charge in [-0.05, 0) is 32.4 Å². The van der Waals surface area contributed by atoms with Crippen LogP contribution in [-0.2, 0) is 6.54 Å². The number of nitrogens with two attached hydrogens (primary N) is 1. The number of anilines is 1. The molecule has 1 heterocycles. The fourth-order valence-electron chi connectivity index (χ4n) is 2.83. The van der Waals surface area contributed by atoms with Crippen LogP contribution in [0.4, 0.5) is 5.69 Å². The number of piperazine rings is 1. The van der Waals surface area contributed by atoms with Crippen LogP contribution in [0.15, 0.2) is 18.2 Å². The van der Waals surface area contributed by atoms with Gasteiger partial charge in [-0.2, -0.15) is 0 Å². The first-order valence-electron chi connectivity index (χ1n) is 7.37. The third-order valence-corrected chi connectivity index (χ3v) is 4.11. The molecule has 0 bridgehead atoms. The van der Waals surface area contributed by atoms with Crippen molar-refractivity contribution in [1.29, 1.82) is 0 Å². The Morgan fingerprint density at radius 2 is 1.86 bits per heavy atom. The quantitative estimate of drug-likeness (QED) is 0.832. The number of rotatable bonds is 3. The SMILES string of the molecule is CC(C)(C)N1CCN(Cc2cccc(N)c2C(=O)O)CC1. The number of hydrogen-bond acceptors (Lipinski definition) is 4. The van der Waals surface area contributed by atoms with Gasteiger partial charge < -0.3 is 10.8 Å². The van der Waals surface area contributed by atoms with Gasteiger partial charge in [0.25, 0.3) is 0 Å². The van der Waals surface area contributed by atoms with Gasteiger partial charge in [-0.1, -0.05) is 12.1 Å².